The van der Waals surface area contributed by atoms with Gasteiger partial charge in [0.2, 0.25) is 0 Å². The molecule has 0 unspecified atom stereocenters. The van der Waals surface area contributed by atoms with Crippen molar-refractivity contribution in [3.63, 3.8) is 0 Å². The quantitative estimate of drug-likeness (QED) is 0.709. The number of carbonyl (C=O) groups is 1. The van der Waals surface area contributed by atoms with E-state index in [1.54, 1.807) is 0 Å². The van der Waals surface area contributed by atoms with Gasteiger partial charge in [0.15, 0.2) is 0 Å². The van der Waals surface area contributed by atoms with Gasteiger partial charge >= 0.3 is 0 Å². The Labute approximate surface area is 148 Å². The Morgan fingerprint density at radius 3 is 2.72 bits per heavy atom. The van der Waals surface area contributed by atoms with E-state index in [-0.39, 0.29) is 5.91 Å². The minimum atomic E-state index is 0.127. The van der Waals surface area contributed by atoms with Crippen LogP contribution in [0.5, 0.6) is 0 Å². The summed E-state index contributed by atoms with van der Waals surface area (Å²) in [6, 6.07) is 14.5. The van der Waals surface area contributed by atoms with Gasteiger partial charge in [0.25, 0.3) is 5.91 Å². The van der Waals surface area contributed by atoms with Crippen LogP contribution < -0.4 is 0 Å². The number of aromatic nitrogens is 2. The molecule has 0 spiro atoms. The van der Waals surface area contributed by atoms with Gasteiger partial charge in [-0.3, -0.25) is 4.79 Å². The summed E-state index contributed by atoms with van der Waals surface area (Å²) in [7, 11) is 0. The third kappa shape index (κ3) is 3.29. The van der Waals surface area contributed by atoms with E-state index in [4.69, 9.17) is 0 Å². The van der Waals surface area contributed by atoms with Crippen LogP contribution in [-0.2, 0) is 0 Å². The molecule has 1 aliphatic heterocycles. The number of hydrogen-bond donors (Lipinski definition) is 0. The number of aryl methyl sites for hydroxylation is 1. The number of nitrogens with zero attached hydrogens (tertiary/aromatic N) is 3. The van der Waals surface area contributed by atoms with E-state index >= 15 is 0 Å². The lowest BCUT2D eigenvalue weighted by molar-refractivity contribution is 0.0760. The zero-order chi connectivity index (χ0) is 17.2. The molecule has 4 rings (SSSR count). The van der Waals surface area contributed by atoms with Crippen LogP contribution in [0.15, 0.2) is 54.9 Å². The van der Waals surface area contributed by atoms with Crippen LogP contribution in [-0.4, -0.2) is 33.3 Å². The van der Waals surface area contributed by atoms with E-state index in [9.17, 15) is 4.79 Å². The number of benzene rings is 1. The second-order valence-electron chi connectivity index (χ2n) is 6.90. The normalized spacial score (nSPS) is 18.3. The zero-order valence-corrected chi connectivity index (χ0v) is 14.6. The summed E-state index contributed by atoms with van der Waals surface area (Å²) in [5.41, 5.74) is 3.98. The Morgan fingerprint density at radius 1 is 1.04 bits per heavy atom. The standard InChI is InChI=1S/C21H23N3O/c1-16-14-24-15-19(9-10-20(24)22-16)21(25)23-12-5-8-18(11-13-23)17-6-3-2-4-7-17/h2-4,6-7,9-10,14-15,18H,5,8,11-13H2,1H3/t18-/m0/s1. The predicted molar refractivity (Wildman–Crippen MR) is 98.9 cm³/mol. The fourth-order valence-electron chi connectivity index (χ4n) is 3.79. The van der Waals surface area contributed by atoms with Crippen molar-refractivity contribution in [1.29, 1.82) is 0 Å². The SMILES string of the molecule is Cc1cn2cc(C(=O)N3CCC[C@H](c4ccccc4)CC3)ccc2n1. The Hall–Kier alpha value is -2.62. The number of fused-ring (bicyclic) bond motifs is 1. The Bertz CT molecular complexity index is 885. The van der Waals surface area contributed by atoms with E-state index in [1.807, 2.05) is 40.8 Å². The zero-order valence-electron chi connectivity index (χ0n) is 14.6. The van der Waals surface area contributed by atoms with Crippen molar-refractivity contribution in [3.05, 3.63) is 71.7 Å². The molecule has 0 bridgehead atoms. The molecule has 4 heteroatoms. The molecule has 0 N–H and O–H groups in total. The third-order valence-corrected chi connectivity index (χ3v) is 5.10. The minimum absolute atomic E-state index is 0.127. The van der Waals surface area contributed by atoms with Crippen molar-refractivity contribution >= 4 is 11.6 Å². The number of carbonyl (C=O) groups excluding carboxylic acids is 1. The first-order valence-electron chi connectivity index (χ1n) is 9.00. The largest absolute Gasteiger partial charge is 0.339 e. The van der Waals surface area contributed by atoms with Gasteiger partial charge in [-0.15, -0.1) is 0 Å². The number of likely N-dealkylation sites (tertiary alicyclic amines) is 1. The molecular weight excluding hydrogens is 310 g/mol. The van der Waals surface area contributed by atoms with Crippen LogP contribution in [0.25, 0.3) is 5.65 Å². The molecule has 3 aromatic rings. The summed E-state index contributed by atoms with van der Waals surface area (Å²) in [5, 5.41) is 0. The van der Waals surface area contributed by atoms with Gasteiger partial charge in [0.1, 0.15) is 5.65 Å². The molecule has 1 saturated heterocycles. The lowest BCUT2D eigenvalue weighted by Gasteiger charge is -2.21. The summed E-state index contributed by atoms with van der Waals surface area (Å²) in [5.74, 6) is 0.680. The highest BCUT2D eigenvalue weighted by Gasteiger charge is 2.22. The van der Waals surface area contributed by atoms with Gasteiger partial charge < -0.3 is 9.30 Å². The summed E-state index contributed by atoms with van der Waals surface area (Å²) < 4.78 is 1.94. The molecule has 1 atom stereocenters. The van der Waals surface area contributed by atoms with Gasteiger partial charge in [-0.1, -0.05) is 30.3 Å². The molecule has 0 radical (unpaired) electrons. The van der Waals surface area contributed by atoms with Crippen molar-refractivity contribution in [3.8, 4) is 0 Å². The van der Waals surface area contributed by atoms with Crippen molar-refractivity contribution in [2.24, 2.45) is 0 Å². The molecule has 4 nitrogen and oxygen atoms in total. The topological polar surface area (TPSA) is 37.6 Å². The molecule has 1 amide bonds. The average molecular weight is 333 g/mol. The second-order valence-corrected chi connectivity index (χ2v) is 6.90. The molecule has 1 fully saturated rings. The van der Waals surface area contributed by atoms with Gasteiger partial charge in [0, 0.05) is 25.5 Å². The molecule has 25 heavy (non-hydrogen) atoms. The first kappa shape index (κ1) is 15.9. The fourth-order valence-corrected chi connectivity index (χ4v) is 3.79. The number of pyridine rings is 1. The molecule has 128 valence electrons. The molecule has 2 aromatic heterocycles. The van der Waals surface area contributed by atoms with Crippen molar-refractivity contribution < 1.29 is 4.79 Å². The Balaban J connectivity index is 1.50. The number of rotatable bonds is 2. The van der Waals surface area contributed by atoms with Gasteiger partial charge in [-0.2, -0.15) is 0 Å². The fraction of sp³-hybridized carbons (Fsp3) is 0.333. The maximum atomic E-state index is 12.9. The highest BCUT2D eigenvalue weighted by atomic mass is 16.2. The molecular formula is C21H23N3O. The van der Waals surface area contributed by atoms with Crippen LogP contribution in [0.3, 0.4) is 0 Å². The third-order valence-electron chi connectivity index (χ3n) is 5.10. The van der Waals surface area contributed by atoms with Crippen LogP contribution in [0, 0.1) is 6.92 Å². The first-order chi connectivity index (χ1) is 12.2. The van der Waals surface area contributed by atoms with Crippen LogP contribution in [0.2, 0.25) is 0 Å². The monoisotopic (exact) mass is 333 g/mol. The first-order valence-corrected chi connectivity index (χ1v) is 9.00. The van der Waals surface area contributed by atoms with Crippen LogP contribution in [0.1, 0.15) is 46.8 Å². The predicted octanol–water partition coefficient (Wildman–Crippen LogP) is 4.05. The van der Waals surface area contributed by atoms with Gasteiger partial charge in [-0.25, -0.2) is 4.98 Å². The molecule has 0 aliphatic carbocycles. The van der Waals surface area contributed by atoms with E-state index < -0.39 is 0 Å². The molecule has 0 saturated carbocycles. The summed E-state index contributed by atoms with van der Waals surface area (Å²) in [4.78, 5) is 19.4. The van der Waals surface area contributed by atoms with Gasteiger partial charge in [0.05, 0.1) is 11.3 Å². The maximum Gasteiger partial charge on any atom is 0.255 e. The van der Waals surface area contributed by atoms with E-state index in [2.05, 4.69) is 35.3 Å². The Kier molecular flexibility index (Phi) is 4.26. The lowest BCUT2D eigenvalue weighted by atomic mass is 9.92. The molecule has 1 aromatic carbocycles. The van der Waals surface area contributed by atoms with E-state index in [1.165, 1.54) is 5.56 Å². The molecule has 1 aliphatic rings. The molecule has 3 heterocycles. The highest BCUT2D eigenvalue weighted by molar-refractivity contribution is 5.94. The Morgan fingerprint density at radius 2 is 1.88 bits per heavy atom. The summed E-state index contributed by atoms with van der Waals surface area (Å²) >= 11 is 0. The minimum Gasteiger partial charge on any atom is -0.339 e. The van der Waals surface area contributed by atoms with Crippen molar-refractivity contribution in [2.75, 3.05) is 13.1 Å². The average Bonchev–Trinajstić information content (AvgIpc) is 2.85. The van der Waals surface area contributed by atoms with Crippen molar-refractivity contribution in [1.82, 2.24) is 14.3 Å². The van der Waals surface area contributed by atoms with Crippen LogP contribution >= 0.6 is 0 Å². The maximum absolute atomic E-state index is 12.9. The van der Waals surface area contributed by atoms with Gasteiger partial charge in [-0.05, 0) is 49.8 Å². The lowest BCUT2D eigenvalue weighted by Crippen LogP contribution is -2.32. The summed E-state index contributed by atoms with van der Waals surface area (Å²) in [6.07, 6.45) is 7.09. The smallest absolute Gasteiger partial charge is 0.255 e. The van der Waals surface area contributed by atoms with E-state index in [0.29, 0.717) is 5.92 Å². The van der Waals surface area contributed by atoms with E-state index in [0.717, 1.165) is 49.3 Å². The number of amides is 1. The number of imidazole rings is 1. The van der Waals surface area contributed by atoms with Crippen molar-refractivity contribution in [2.45, 2.75) is 32.1 Å². The van der Waals surface area contributed by atoms with Crippen LogP contribution in [0.4, 0.5) is 0 Å². The second kappa shape index (κ2) is 6.71. The number of hydrogen-bond acceptors (Lipinski definition) is 2. The highest BCUT2D eigenvalue weighted by Crippen LogP contribution is 2.28. The summed E-state index contributed by atoms with van der Waals surface area (Å²) in [6.45, 7) is 3.62.